The fourth-order valence-electron chi connectivity index (χ4n) is 3.63. The Morgan fingerprint density at radius 2 is 2.14 bits per heavy atom. The van der Waals surface area contributed by atoms with Crippen molar-refractivity contribution in [3.05, 3.63) is 59.4 Å². The second-order valence-corrected chi connectivity index (χ2v) is 7.37. The Labute approximate surface area is 169 Å². The third kappa shape index (κ3) is 4.11. The van der Waals surface area contributed by atoms with E-state index in [1.165, 1.54) is 0 Å². The van der Waals surface area contributed by atoms with Crippen molar-refractivity contribution in [3.8, 4) is 5.75 Å². The van der Waals surface area contributed by atoms with Crippen LogP contribution in [-0.2, 0) is 18.2 Å². The van der Waals surface area contributed by atoms with E-state index in [4.69, 9.17) is 9.47 Å². The molecular weight excluding hydrogens is 370 g/mol. The number of pyridine rings is 1. The van der Waals surface area contributed by atoms with Crippen LogP contribution in [-0.4, -0.2) is 53.0 Å². The van der Waals surface area contributed by atoms with Gasteiger partial charge in [-0.15, -0.1) is 0 Å². The number of benzene rings is 1. The molecule has 0 radical (unpaired) electrons. The molecule has 0 bridgehead atoms. The number of hydrogen-bond acceptors (Lipinski definition) is 5. The van der Waals surface area contributed by atoms with Crippen LogP contribution in [0.25, 0.3) is 11.0 Å². The highest BCUT2D eigenvalue weighted by Crippen LogP contribution is 2.23. The molecule has 3 heterocycles. The fourth-order valence-corrected chi connectivity index (χ4v) is 3.63. The van der Waals surface area contributed by atoms with Crippen molar-refractivity contribution in [1.82, 2.24) is 14.9 Å². The van der Waals surface area contributed by atoms with Crippen LogP contribution in [0.15, 0.2) is 42.6 Å². The summed E-state index contributed by atoms with van der Waals surface area (Å²) in [5, 5.41) is 14.0. The number of nitrogens with one attached hydrogen (secondary N) is 1. The number of aliphatic hydroxyl groups is 1. The molecule has 7 heteroatoms. The average molecular weight is 395 g/mol. The zero-order chi connectivity index (χ0) is 20.4. The lowest BCUT2D eigenvalue weighted by Crippen LogP contribution is -2.49. The van der Waals surface area contributed by atoms with Crippen LogP contribution < -0.4 is 10.1 Å². The van der Waals surface area contributed by atoms with Crippen LogP contribution in [0, 0.1) is 0 Å². The highest BCUT2D eigenvalue weighted by atomic mass is 16.5. The first-order valence-electron chi connectivity index (χ1n) is 9.69. The van der Waals surface area contributed by atoms with Crippen molar-refractivity contribution in [1.29, 1.82) is 0 Å². The maximum absolute atomic E-state index is 12.9. The Balaban J connectivity index is 1.64. The number of carbonyl (C=O) groups excluding carboxylic acids is 1. The minimum absolute atomic E-state index is 0.304. The average Bonchev–Trinajstić information content (AvgIpc) is 3.11. The number of hydrogen-bond donors (Lipinski definition) is 2. The molecule has 0 spiro atoms. The first-order chi connectivity index (χ1) is 14.0. The number of rotatable bonds is 5. The SMILES string of the molecule is COc1ccc(Cc2cc(C(=O)N[C@@H]3COCC[C@H]3O)nc3c2ccn3C)cc1. The molecule has 7 nitrogen and oxygen atoms in total. The monoisotopic (exact) mass is 395 g/mol. The van der Waals surface area contributed by atoms with E-state index in [0.717, 1.165) is 27.9 Å². The van der Waals surface area contributed by atoms with Gasteiger partial charge in [-0.05, 0) is 48.2 Å². The van der Waals surface area contributed by atoms with Crippen LogP contribution in [0.2, 0.25) is 0 Å². The predicted octanol–water partition coefficient (Wildman–Crippen LogP) is 2.05. The smallest absolute Gasteiger partial charge is 0.270 e. The minimum Gasteiger partial charge on any atom is -0.497 e. The van der Waals surface area contributed by atoms with E-state index in [0.29, 0.717) is 31.7 Å². The summed E-state index contributed by atoms with van der Waals surface area (Å²) in [6, 6.07) is 11.3. The van der Waals surface area contributed by atoms with Gasteiger partial charge in [-0.3, -0.25) is 4.79 Å². The van der Waals surface area contributed by atoms with E-state index in [2.05, 4.69) is 10.3 Å². The van der Waals surface area contributed by atoms with Gasteiger partial charge in [0.2, 0.25) is 0 Å². The molecule has 4 rings (SSSR count). The van der Waals surface area contributed by atoms with Gasteiger partial charge in [0, 0.05) is 25.2 Å². The van der Waals surface area contributed by atoms with Crippen molar-refractivity contribution in [2.24, 2.45) is 7.05 Å². The number of aromatic nitrogens is 2. The van der Waals surface area contributed by atoms with Crippen molar-refractivity contribution in [2.45, 2.75) is 25.0 Å². The largest absolute Gasteiger partial charge is 0.497 e. The topological polar surface area (TPSA) is 85.6 Å². The Bertz CT molecular complexity index is 1010. The zero-order valence-corrected chi connectivity index (χ0v) is 16.6. The lowest BCUT2D eigenvalue weighted by Gasteiger charge is -2.28. The van der Waals surface area contributed by atoms with Crippen LogP contribution >= 0.6 is 0 Å². The van der Waals surface area contributed by atoms with Crippen LogP contribution in [0.3, 0.4) is 0 Å². The molecule has 0 aliphatic carbocycles. The lowest BCUT2D eigenvalue weighted by atomic mass is 10.0. The summed E-state index contributed by atoms with van der Waals surface area (Å²) < 4.78 is 12.5. The van der Waals surface area contributed by atoms with Crippen molar-refractivity contribution in [2.75, 3.05) is 20.3 Å². The normalized spacial score (nSPS) is 19.3. The Morgan fingerprint density at radius 3 is 2.86 bits per heavy atom. The third-order valence-electron chi connectivity index (χ3n) is 5.35. The van der Waals surface area contributed by atoms with Crippen molar-refractivity contribution >= 4 is 16.9 Å². The molecular formula is C22H25N3O4. The van der Waals surface area contributed by atoms with Gasteiger partial charge in [-0.25, -0.2) is 4.98 Å². The summed E-state index contributed by atoms with van der Waals surface area (Å²) in [7, 11) is 3.55. The second kappa shape index (κ2) is 8.23. The molecule has 1 saturated heterocycles. The van der Waals surface area contributed by atoms with E-state index in [1.54, 1.807) is 7.11 Å². The molecule has 0 unspecified atom stereocenters. The molecule has 2 N–H and O–H groups in total. The number of amides is 1. The van der Waals surface area contributed by atoms with Crippen LogP contribution in [0.4, 0.5) is 0 Å². The maximum atomic E-state index is 12.9. The van der Waals surface area contributed by atoms with Gasteiger partial charge >= 0.3 is 0 Å². The highest BCUT2D eigenvalue weighted by Gasteiger charge is 2.26. The number of methoxy groups -OCH3 is 1. The second-order valence-electron chi connectivity index (χ2n) is 7.37. The Hall–Kier alpha value is -2.90. The first-order valence-corrected chi connectivity index (χ1v) is 9.69. The maximum Gasteiger partial charge on any atom is 0.270 e. The first kappa shape index (κ1) is 19.4. The van der Waals surface area contributed by atoms with E-state index in [-0.39, 0.29) is 5.91 Å². The summed E-state index contributed by atoms with van der Waals surface area (Å²) in [4.78, 5) is 17.4. The standard InChI is InChI=1S/C22H25N3O4/c1-25-9-7-17-15(11-14-3-5-16(28-2)6-4-14)12-18(23-21(17)25)22(27)24-19-13-29-10-8-20(19)26/h3-7,9,12,19-20,26H,8,10-11,13H2,1-2H3,(H,24,27)/t19-,20-/m1/s1. The molecule has 1 aliphatic heterocycles. The number of carbonyl (C=O) groups is 1. The molecule has 2 aromatic heterocycles. The third-order valence-corrected chi connectivity index (χ3v) is 5.35. The van der Waals surface area contributed by atoms with Crippen LogP contribution in [0.5, 0.6) is 5.75 Å². The number of ether oxygens (including phenoxy) is 2. The summed E-state index contributed by atoms with van der Waals surface area (Å²) in [5.41, 5.74) is 3.22. The van der Waals surface area contributed by atoms with Gasteiger partial charge in [0.1, 0.15) is 17.1 Å². The molecule has 0 saturated carbocycles. The van der Waals surface area contributed by atoms with Gasteiger partial charge in [0.05, 0.1) is 25.9 Å². The van der Waals surface area contributed by atoms with E-state index < -0.39 is 12.1 Å². The number of aliphatic hydroxyl groups excluding tert-OH is 1. The summed E-state index contributed by atoms with van der Waals surface area (Å²) >= 11 is 0. The van der Waals surface area contributed by atoms with Crippen LogP contribution in [0.1, 0.15) is 28.0 Å². The quantitative estimate of drug-likeness (QED) is 0.691. The molecule has 29 heavy (non-hydrogen) atoms. The van der Waals surface area contributed by atoms with Crippen molar-refractivity contribution in [3.63, 3.8) is 0 Å². The summed E-state index contributed by atoms with van der Waals surface area (Å²) in [5.74, 6) is 0.500. The Kier molecular flexibility index (Phi) is 5.51. The predicted molar refractivity (Wildman–Crippen MR) is 109 cm³/mol. The lowest BCUT2D eigenvalue weighted by molar-refractivity contribution is -0.0140. The van der Waals surface area contributed by atoms with E-state index in [1.807, 2.05) is 54.2 Å². The molecule has 1 amide bonds. The van der Waals surface area contributed by atoms with Gasteiger partial charge in [0.15, 0.2) is 0 Å². The molecule has 1 aromatic carbocycles. The Morgan fingerprint density at radius 1 is 1.34 bits per heavy atom. The molecule has 2 atom stereocenters. The number of fused-ring (bicyclic) bond motifs is 1. The van der Waals surface area contributed by atoms with E-state index in [9.17, 15) is 9.90 Å². The molecule has 1 aliphatic rings. The van der Waals surface area contributed by atoms with Gasteiger partial charge in [-0.1, -0.05) is 12.1 Å². The molecule has 1 fully saturated rings. The summed E-state index contributed by atoms with van der Waals surface area (Å²) in [6.07, 6.45) is 2.51. The summed E-state index contributed by atoms with van der Waals surface area (Å²) in [6.45, 7) is 0.811. The number of nitrogens with zero attached hydrogens (tertiary/aromatic N) is 2. The molecule has 152 valence electrons. The van der Waals surface area contributed by atoms with Crippen molar-refractivity contribution < 1.29 is 19.4 Å². The van der Waals surface area contributed by atoms with Gasteiger partial charge < -0.3 is 24.5 Å². The minimum atomic E-state index is -0.606. The van der Waals surface area contributed by atoms with E-state index >= 15 is 0 Å². The fraction of sp³-hybridized carbons (Fsp3) is 0.364. The highest BCUT2D eigenvalue weighted by molar-refractivity contribution is 5.95. The number of aryl methyl sites for hydroxylation is 1. The zero-order valence-electron chi connectivity index (χ0n) is 16.6. The van der Waals surface area contributed by atoms with Gasteiger partial charge in [-0.2, -0.15) is 0 Å². The molecule has 3 aromatic rings. The van der Waals surface area contributed by atoms with Gasteiger partial charge in [0.25, 0.3) is 5.91 Å².